The lowest BCUT2D eigenvalue weighted by Gasteiger charge is -2.38. The highest BCUT2D eigenvalue weighted by Crippen LogP contribution is 2.42. The van der Waals surface area contributed by atoms with Crippen LogP contribution >= 0.6 is 0 Å². The van der Waals surface area contributed by atoms with Crippen molar-refractivity contribution < 1.29 is 9.47 Å². The number of nitrogens with one attached hydrogen (secondary N) is 1. The van der Waals surface area contributed by atoms with E-state index in [0.717, 1.165) is 63.8 Å². The highest BCUT2D eigenvalue weighted by atomic mass is 16.5. The minimum Gasteiger partial charge on any atom is -0.381 e. The third-order valence-electron chi connectivity index (χ3n) is 6.20. The molecular weight excluding hydrogens is 276 g/mol. The molecule has 2 aliphatic heterocycles. The molecule has 124 valence electrons. The van der Waals surface area contributed by atoms with Crippen molar-refractivity contribution >= 4 is 0 Å². The Labute approximate surface area is 134 Å². The van der Waals surface area contributed by atoms with Crippen LogP contribution in [0.3, 0.4) is 0 Å². The van der Waals surface area contributed by atoms with Gasteiger partial charge in [-0.1, -0.05) is 12.2 Å². The second-order valence-electron chi connectivity index (χ2n) is 7.54. The van der Waals surface area contributed by atoms with E-state index >= 15 is 0 Å². The summed E-state index contributed by atoms with van der Waals surface area (Å²) >= 11 is 0. The first-order chi connectivity index (χ1) is 10.9. The van der Waals surface area contributed by atoms with Crippen LogP contribution < -0.4 is 5.32 Å². The third kappa shape index (κ3) is 3.25. The molecule has 4 heteroatoms. The van der Waals surface area contributed by atoms with E-state index in [1.165, 1.54) is 25.8 Å². The number of ether oxygens (including phenoxy) is 2. The Hall–Kier alpha value is -0.420. The van der Waals surface area contributed by atoms with E-state index in [1.54, 1.807) is 0 Å². The van der Waals surface area contributed by atoms with Crippen molar-refractivity contribution in [1.29, 1.82) is 0 Å². The van der Waals surface area contributed by atoms with E-state index in [9.17, 15) is 0 Å². The van der Waals surface area contributed by atoms with Crippen LogP contribution in [0.1, 0.15) is 19.3 Å². The molecule has 2 aliphatic carbocycles. The summed E-state index contributed by atoms with van der Waals surface area (Å²) in [6, 6.07) is 0.625. The average molecular weight is 306 g/mol. The fourth-order valence-electron chi connectivity index (χ4n) is 4.91. The maximum absolute atomic E-state index is 5.65. The van der Waals surface area contributed by atoms with E-state index in [1.807, 2.05) is 0 Å². The van der Waals surface area contributed by atoms with Gasteiger partial charge in [0.15, 0.2) is 0 Å². The van der Waals surface area contributed by atoms with Gasteiger partial charge in [0.05, 0.1) is 19.8 Å². The van der Waals surface area contributed by atoms with Gasteiger partial charge in [-0.3, -0.25) is 4.90 Å². The summed E-state index contributed by atoms with van der Waals surface area (Å²) in [5, 5.41) is 3.81. The largest absolute Gasteiger partial charge is 0.381 e. The second kappa shape index (κ2) is 7.00. The standard InChI is InChI=1S/C18H30N2O2/c1-2-15-9-14(1)10-17(15)11-19-12-18(16-3-6-22-13-16)20-4-7-21-8-5-20/h1-2,14-19H,3-13H2/t14-,15-,16+,17+,18-/m0/s1. The molecule has 3 fully saturated rings. The van der Waals surface area contributed by atoms with Gasteiger partial charge in [0.1, 0.15) is 0 Å². The molecular formula is C18H30N2O2. The molecule has 1 saturated carbocycles. The Kier molecular flexibility index (Phi) is 4.81. The summed E-state index contributed by atoms with van der Waals surface area (Å²) in [7, 11) is 0. The molecule has 0 amide bonds. The molecule has 0 aromatic carbocycles. The molecule has 0 radical (unpaired) electrons. The van der Waals surface area contributed by atoms with Crippen molar-refractivity contribution in [2.75, 3.05) is 52.6 Å². The maximum atomic E-state index is 5.65. The first-order valence-corrected chi connectivity index (χ1v) is 9.19. The van der Waals surface area contributed by atoms with Crippen molar-refractivity contribution in [3.63, 3.8) is 0 Å². The maximum Gasteiger partial charge on any atom is 0.0594 e. The van der Waals surface area contributed by atoms with E-state index < -0.39 is 0 Å². The minimum absolute atomic E-state index is 0.625. The summed E-state index contributed by atoms with van der Waals surface area (Å²) in [5.41, 5.74) is 0. The fraction of sp³-hybridized carbons (Fsp3) is 0.889. The predicted molar refractivity (Wildman–Crippen MR) is 86.8 cm³/mol. The highest BCUT2D eigenvalue weighted by Gasteiger charge is 2.36. The molecule has 2 bridgehead atoms. The molecule has 0 unspecified atom stereocenters. The van der Waals surface area contributed by atoms with Gasteiger partial charge in [0.2, 0.25) is 0 Å². The zero-order valence-corrected chi connectivity index (χ0v) is 13.6. The number of hydrogen-bond donors (Lipinski definition) is 1. The van der Waals surface area contributed by atoms with Gasteiger partial charge in [-0.15, -0.1) is 0 Å². The third-order valence-corrected chi connectivity index (χ3v) is 6.20. The van der Waals surface area contributed by atoms with Crippen molar-refractivity contribution in [2.45, 2.75) is 25.3 Å². The lowest BCUT2D eigenvalue weighted by atomic mass is 9.93. The molecule has 4 nitrogen and oxygen atoms in total. The van der Waals surface area contributed by atoms with Gasteiger partial charge >= 0.3 is 0 Å². The second-order valence-corrected chi connectivity index (χ2v) is 7.54. The molecule has 0 aromatic rings. The van der Waals surface area contributed by atoms with Crippen LogP contribution in [0.15, 0.2) is 12.2 Å². The zero-order chi connectivity index (χ0) is 14.8. The van der Waals surface area contributed by atoms with Gasteiger partial charge in [0, 0.05) is 38.2 Å². The van der Waals surface area contributed by atoms with Crippen molar-refractivity contribution in [1.82, 2.24) is 10.2 Å². The quantitative estimate of drug-likeness (QED) is 0.755. The number of morpholine rings is 1. The number of nitrogens with zero attached hydrogens (tertiary/aromatic N) is 1. The van der Waals surface area contributed by atoms with Crippen molar-refractivity contribution in [2.24, 2.45) is 23.7 Å². The molecule has 4 rings (SSSR count). The van der Waals surface area contributed by atoms with Crippen molar-refractivity contribution in [3.8, 4) is 0 Å². The number of fused-ring (bicyclic) bond motifs is 2. The van der Waals surface area contributed by atoms with E-state index in [0.29, 0.717) is 12.0 Å². The van der Waals surface area contributed by atoms with Crippen LogP contribution in [0.25, 0.3) is 0 Å². The molecule has 2 saturated heterocycles. The van der Waals surface area contributed by atoms with Crippen LogP contribution in [0.2, 0.25) is 0 Å². The van der Waals surface area contributed by atoms with Crippen LogP contribution in [0.4, 0.5) is 0 Å². The average Bonchev–Trinajstić information content (AvgIpc) is 3.30. The predicted octanol–water partition coefficient (Wildman–Crippen LogP) is 1.53. The summed E-state index contributed by atoms with van der Waals surface area (Å²) < 4.78 is 11.2. The first-order valence-electron chi connectivity index (χ1n) is 9.19. The van der Waals surface area contributed by atoms with Gasteiger partial charge in [-0.25, -0.2) is 0 Å². The highest BCUT2D eigenvalue weighted by molar-refractivity contribution is 5.10. The lowest BCUT2D eigenvalue weighted by Crippen LogP contribution is -2.52. The smallest absolute Gasteiger partial charge is 0.0594 e. The zero-order valence-electron chi connectivity index (χ0n) is 13.6. The molecule has 5 atom stereocenters. The van der Waals surface area contributed by atoms with Gasteiger partial charge in [-0.05, 0) is 43.6 Å². The molecule has 1 N–H and O–H groups in total. The Balaban J connectivity index is 1.29. The summed E-state index contributed by atoms with van der Waals surface area (Å²) in [5.74, 6) is 3.31. The Morgan fingerprint density at radius 2 is 2.00 bits per heavy atom. The van der Waals surface area contributed by atoms with Crippen LogP contribution in [0.5, 0.6) is 0 Å². The van der Waals surface area contributed by atoms with E-state index in [-0.39, 0.29) is 0 Å². The Bertz CT molecular complexity index is 389. The molecule has 0 spiro atoms. The summed E-state index contributed by atoms with van der Waals surface area (Å²) in [4.78, 5) is 2.64. The van der Waals surface area contributed by atoms with E-state index in [2.05, 4.69) is 22.4 Å². The number of hydrogen-bond acceptors (Lipinski definition) is 4. The molecule has 22 heavy (non-hydrogen) atoms. The van der Waals surface area contributed by atoms with Gasteiger partial charge < -0.3 is 14.8 Å². The van der Waals surface area contributed by atoms with Crippen LogP contribution in [-0.4, -0.2) is 63.5 Å². The Morgan fingerprint density at radius 3 is 2.68 bits per heavy atom. The summed E-state index contributed by atoms with van der Waals surface area (Å²) in [6.07, 6.45) is 8.94. The number of allylic oxidation sites excluding steroid dienone is 2. The Morgan fingerprint density at radius 1 is 1.09 bits per heavy atom. The van der Waals surface area contributed by atoms with E-state index in [4.69, 9.17) is 9.47 Å². The van der Waals surface area contributed by atoms with Gasteiger partial charge in [0.25, 0.3) is 0 Å². The molecule has 2 heterocycles. The molecule has 4 aliphatic rings. The lowest BCUT2D eigenvalue weighted by molar-refractivity contribution is 0.00122. The minimum atomic E-state index is 0.625. The SMILES string of the molecule is C1=C[C@H]2C[C@H]1C[C@@H]2CNC[C@@H]([C@@H]1CCOC1)N1CCOCC1. The monoisotopic (exact) mass is 306 g/mol. The molecule has 0 aromatic heterocycles. The summed E-state index contributed by atoms with van der Waals surface area (Å²) in [6.45, 7) is 8.15. The van der Waals surface area contributed by atoms with Crippen LogP contribution in [-0.2, 0) is 9.47 Å². The fourth-order valence-corrected chi connectivity index (χ4v) is 4.91. The topological polar surface area (TPSA) is 33.7 Å². The number of rotatable bonds is 6. The normalized spacial score (nSPS) is 39.6. The van der Waals surface area contributed by atoms with Crippen LogP contribution in [0, 0.1) is 23.7 Å². The first kappa shape index (κ1) is 15.1. The van der Waals surface area contributed by atoms with Crippen molar-refractivity contribution in [3.05, 3.63) is 12.2 Å². The van der Waals surface area contributed by atoms with Gasteiger partial charge in [-0.2, -0.15) is 0 Å².